The molecule has 0 aromatic rings. The van der Waals surface area contributed by atoms with Crippen LogP contribution in [0.15, 0.2) is 0 Å². The van der Waals surface area contributed by atoms with Crippen LogP contribution in [0.4, 0.5) is 0 Å². The fourth-order valence-corrected chi connectivity index (χ4v) is 2.48. The molecule has 2 fully saturated rings. The first kappa shape index (κ1) is 15.2. The topological polar surface area (TPSA) is 110 Å². The van der Waals surface area contributed by atoms with E-state index in [-0.39, 0.29) is 11.8 Å². The van der Waals surface area contributed by atoms with E-state index in [9.17, 15) is 24.9 Å². The Labute approximate surface area is 117 Å². The number of carbonyl (C=O) groups excluding carboxylic acids is 2. The van der Waals surface area contributed by atoms with Gasteiger partial charge in [-0.2, -0.15) is 0 Å². The Morgan fingerprint density at radius 2 is 1.70 bits per heavy atom. The van der Waals surface area contributed by atoms with Crippen LogP contribution in [0, 0.1) is 5.92 Å². The molecule has 2 rings (SSSR count). The van der Waals surface area contributed by atoms with Gasteiger partial charge in [0.15, 0.2) is 0 Å². The van der Waals surface area contributed by atoms with Gasteiger partial charge in [0.05, 0.1) is 19.8 Å². The molecule has 7 nitrogen and oxygen atoms in total. The van der Waals surface area contributed by atoms with Crippen molar-refractivity contribution in [1.82, 2.24) is 10.2 Å². The van der Waals surface area contributed by atoms with Crippen molar-refractivity contribution in [1.29, 1.82) is 0 Å². The SMILES string of the molecule is O=C(NC(CO)(CO)CO)C1CCCN1C(=O)C1CC1. The molecular formula is C13H22N2O5. The minimum atomic E-state index is -1.44. The molecule has 0 radical (unpaired) electrons. The largest absolute Gasteiger partial charge is 0.394 e. The van der Waals surface area contributed by atoms with Crippen molar-refractivity contribution in [2.45, 2.75) is 37.3 Å². The Balaban J connectivity index is 2.01. The Hall–Kier alpha value is -1.18. The van der Waals surface area contributed by atoms with Crippen LogP contribution in [0.5, 0.6) is 0 Å². The van der Waals surface area contributed by atoms with Crippen LogP contribution in [0.25, 0.3) is 0 Å². The van der Waals surface area contributed by atoms with Gasteiger partial charge < -0.3 is 25.5 Å². The van der Waals surface area contributed by atoms with Crippen LogP contribution in [-0.4, -0.2) is 70.0 Å². The molecule has 0 bridgehead atoms. The van der Waals surface area contributed by atoms with Gasteiger partial charge in [-0.15, -0.1) is 0 Å². The summed E-state index contributed by atoms with van der Waals surface area (Å²) in [7, 11) is 0. The number of amides is 2. The summed E-state index contributed by atoms with van der Waals surface area (Å²) >= 11 is 0. The fraction of sp³-hybridized carbons (Fsp3) is 0.846. The summed E-state index contributed by atoms with van der Waals surface area (Å²) < 4.78 is 0. The van der Waals surface area contributed by atoms with Gasteiger partial charge in [0.25, 0.3) is 0 Å². The van der Waals surface area contributed by atoms with Crippen molar-refractivity contribution >= 4 is 11.8 Å². The highest BCUT2D eigenvalue weighted by Crippen LogP contribution is 2.33. The zero-order valence-electron chi connectivity index (χ0n) is 11.4. The quantitative estimate of drug-likeness (QED) is 0.461. The summed E-state index contributed by atoms with van der Waals surface area (Å²) in [6, 6.07) is -0.563. The number of hydrogen-bond donors (Lipinski definition) is 4. The fourth-order valence-electron chi connectivity index (χ4n) is 2.48. The zero-order valence-corrected chi connectivity index (χ0v) is 11.4. The average molecular weight is 286 g/mol. The maximum absolute atomic E-state index is 12.3. The Morgan fingerprint density at radius 1 is 1.10 bits per heavy atom. The molecule has 114 valence electrons. The summed E-state index contributed by atoms with van der Waals surface area (Å²) in [5.74, 6) is -0.347. The lowest BCUT2D eigenvalue weighted by Crippen LogP contribution is -2.60. The highest BCUT2D eigenvalue weighted by atomic mass is 16.3. The van der Waals surface area contributed by atoms with Gasteiger partial charge in [0.1, 0.15) is 11.6 Å². The molecule has 1 aliphatic carbocycles. The van der Waals surface area contributed by atoms with Gasteiger partial charge in [0, 0.05) is 12.5 Å². The van der Waals surface area contributed by atoms with Crippen molar-refractivity contribution in [2.75, 3.05) is 26.4 Å². The molecule has 20 heavy (non-hydrogen) atoms. The highest BCUT2D eigenvalue weighted by molar-refractivity contribution is 5.90. The third-order valence-corrected chi connectivity index (χ3v) is 4.06. The number of carbonyl (C=O) groups is 2. The maximum atomic E-state index is 12.3. The molecule has 1 aliphatic heterocycles. The first-order valence-electron chi connectivity index (χ1n) is 7.02. The number of nitrogens with one attached hydrogen (secondary N) is 1. The van der Waals surface area contributed by atoms with Crippen molar-refractivity contribution < 1.29 is 24.9 Å². The van der Waals surface area contributed by atoms with Crippen molar-refractivity contribution in [3.63, 3.8) is 0 Å². The number of aliphatic hydroxyl groups excluding tert-OH is 3. The molecule has 1 saturated heterocycles. The number of likely N-dealkylation sites (tertiary alicyclic amines) is 1. The molecule has 1 atom stereocenters. The van der Waals surface area contributed by atoms with E-state index < -0.39 is 37.3 Å². The predicted octanol–water partition coefficient (Wildman–Crippen LogP) is -1.78. The lowest BCUT2D eigenvalue weighted by atomic mass is 10.0. The van der Waals surface area contributed by atoms with Crippen LogP contribution < -0.4 is 5.32 Å². The van der Waals surface area contributed by atoms with E-state index in [4.69, 9.17) is 0 Å². The van der Waals surface area contributed by atoms with E-state index in [0.29, 0.717) is 13.0 Å². The molecule has 1 saturated carbocycles. The van der Waals surface area contributed by atoms with Gasteiger partial charge in [-0.25, -0.2) is 0 Å². The maximum Gasteiger partial charge on any atom is 0.243 e. The summed E-state index contributed by atoms with van der Waals surface area (Å²) in [6.45, 7) is -1.11. The van der Waals surface area contributed by atoms with Crippen LogP contribution in [0.2, 0.25) is 0 Å². The second-order valence-corrected chi connectivity index (χ2v) is 5.71. The van der Waals surface area contributed by atoms with E-state index in [0.717, 1.165) is 19.3 Å². The van der Waals surface area contributed by atoms with E-state index in [1.807, 2.05) is 0 Å². The second kappa shape index (κ2) is 6.07. The van der Waals surface area contributed by atoms with E-state index >= 15 is 0 Å². The summed E-state index contributed by atoms with van der Waals surface area (Å²) in [6.07, 6.45) is 3.11. The predicted molar refractivity (Wildman–Crippen MR) is 69.6 cm³/mol. The Bertz CT molecular complexity index is 371. The zero-order chi connectivity index (χ0) is 14.8. The van der Waals surface area contributed by atoms with Crippen LogP contribution >= 0.6 is 0 Å². The lowest BCUT2D eigenvalue weighted by Gasteiger charge is -2.32. The summed E-state index contributed by atoms with van der Waals surface area (Å²) in [5.41, 5.74) is -1.44. The first-order chi connectivity index (χ1) is 9.56. The number of aliphatic hydroxyl groups is 3. The van der Waals surface area contributed by atoms with Crippen molar-refractivity contribution in [3.05, 3.63) is 0 Å². The molecule has 0 aromatic carbocycles. The Kier molecular flexibility index (Phi) is 4.62. The van der Waals surface area contributed by atoms with Gasteiger partial charge >= 0.3 is 0 Å². The van der Waals surface area contributed by atoms with Crippen molar-refractivity contribution in [2.24, 2.45) is 5.92 Å². The smallest absolute Gasteiger partial charge is 0.243 e. The molecule has 2 amide bonds. The average Bonchev–Trinajstić information content (AvgIpc) is 3.20. The molecule has 7 heteroatoms. The molecular weight excluding hydrogens is 264 g/mol. The molecule has 0 spiro atoms. The number of nitrogens with zero attached hydrogens (tertiary/aromatic N) is 1. The van der Waals surface area contributed by atoms with E-state index in [1.165, 1.54) is 0 Å². The van der Waals surface area contributed by atoms with Crippen LogP contribution in [0.3, 0.4) is 0 Å². The van der Waals surface area contributed by atoms with Crippen LogP contribution in [-0.2, 0) is 9.59 Å². The minimum absolute atomic E-state index is 0.0187. The highest BCUT2D eigenvalue weighted by Gasteiger charge is 2.42. The molecule has 0 aromatic heterocycles. The van der Waals surface area contributed by atoms with Crippen molar-refractivity contribution in [3.8, 4) is 0 Å². The number of rotatable bonds is 6. The third-order valence-electron chi connectivity index (χ3n) is 4.06. The normalized spacial score (nSPS) is 22.9. The van der Waals surface area contributed by atoms with Gasteiger partial charge in [-0.1, -0.05) is 0 Å². The third kappa shape index (κ3) is 2.94. The molecule has 2 aliphatic rings. The Morgan fingerprint density at radius 3 is 2.20 bits per heavy atom. The minimum Gasteiger partial charge on any atom is -0.394 e. The number of hydrogen-bond acceptors (Lipinski definition) is 5. The molecule has 4 N–H and O–H groups in total. The first-order valence-corrected chi connectivity index (χ1v) is 7.02. The summed E-state index contributed by atoms with van der Waals surface area (Å²) in [4.78, 5) is 25.9. The van der Waals surface area contributed by atoms with E-state index in [1.54, 1.807) is 4.90 Å². The standard InChI is InChI=1S/C13H22N2O5/c16-6-13(7-17,8-18)14-11(19)10-2-1-5-15(10)12(20)9-3-4-9/h9-10,16-18H,1-8H2,(H,14,19). The van der Waals surface area contributed by atoms with E-state index in [2.05, 4.69) is 5.32 Å². The van der Waals surface area contributed by atoms with Gasteiger partial charge in [-0.05, 0) is 25.7 Å². The summed E-state index contributed by atoms with van der Waals surface area (Å²) in [5, 5.41) is 30.2. The second-order valence-electron chi connectivity index (χ2n) is 5.71. The lowest BCUT2D eigenvalue weighted by molar-refractivity contribution is -0.141. The molecule has 1 heterocycles. The van der Waals surface area contributed by atoms with Gasteiger partial charge in [-0.3, -0.25) is 9.59 Å². The monoisotopic (exact) mass is 286 g/mol. The van der Waals surface area contributed by atoms with Crippen LogP contribution in [0.1, 0.15) is 25.7 Å². The van der Waals surface area contributed by atoms with Gasteiger partial charge in [0.2, 0.25) is 11.8 Å². The molecule has 1 unspecified atom stereocenters.